The molecule has 3 rings (SSSR count). The van der Waals surface area contributed by atoms with Crippen molar-refractivity contribution in [2.45, 2.75) is 6.92 Å². The summed E-state index contributed by atoms with van der Waals surface area (Å²) in [6.07, 6.45) is 0. The van der Waals surface area contributed by atoms with Gasteiger partial charge in [0, 0.05) is 25.3 Å². The summed E-state index contributed by atoms with van der Waals surface area (Å²) >= 11 is 0. The van der Waals surface area contributed by atoms with Crippen LogP contribution in [0, 0.1) is 0 Å². The molecule has 0 bridgehead atoms. The molecule has 0 saturated heterocycles. The van der Waals surface area contributed by atoms with Gasteiger partial charge in [-0.25, -0.2) is 0 Å². The van der Waals surface area contributed by atoms with Gasteiger partial charge in [-0.2, -0.15) is 5.10 Å². The van der Waals surface area contributed by atoms with E-state index in [1.54, 1.807) is 42.1 Å². The molecule has 126 valence electrons. The Labute approximate surface area is 145 Å². The summed E-state index contributed by atoms with van der Waals surface area (Å²) in [6, 6.07) is 18.5. The molecule has 0 aliphatic carbocycles. The van der Waals surface area contributed by atoms with Crippen LogP contribution in [0.15, 0.2) is 60.7 Å². The van der Waals surface area contributed by atoms with Crippen LogP contribution < -0.4 is 10.6 Å². The first-order valence-electron chi connectivity index (χ1n) is 7.81. The number of carbonyl (C=O) groups excluding carboxylic acids is 2. The van der Waals surface area contributed by atoms with Gasteiger partial charge in [0.1, 0.15) is 0 Å². The van der Waals surface area contributed by atoms with Crippen molar-refractivity contribution in [2.75, 3.05) is 10.6 Å². The Hall–Kier alpha value is -3.41. The molecule has 3 aromatic rings. The number of hydrogen-bond donors (Lipinski definition) is 2. The maximum absolute atomic E-state index is 12.5. The number of amides is 2. The Morgan fingerprint density at radius 3 is 2.28 bits per heavy atom. The third kappa shape index (κ3) is 3.92. The minimum Gasteiger partial charge on any atom is -0.326 e. The lowest BCUT2D eigenvalue weighted by molar-refractivity contribution is -0.114. The van der Waals surface area contributed by atoms with E-state index in [4.69, 9.17) is 0 Å². The summed E-state index contributed by atoms with van der Waals surface area (Å²) in [7, 11) is 1.80. The molecule has 0 saturated carbocycles. The average molecular weight is 334 g/mol. The Morgan fingerprint density at radius 2 is 1.60 bits per heavy atom. The Bertz CT molecular complexity index is 916. The zero-order valence-electron chi connectivity index (χ0n) is 14.0. The number of nitrogens with one attached hydrogen (secondary N) is 2. The van der Waals surface area contributed by atoms with Gasteiger partial charge in [0.25, 0.3) is 5.91 Å². The fraction of sp³-hybridized carbons (Fsp3) is 0.105. The number of nitrogens with zero attached hydrogens (tertiary/aromatic N) is 2. The van der Waals surface area contributed by atoms with Crippen LogP contribution in [0.3, 0.4) is 0 Å². The number of anilines is 2. The van der Waals surface area contributed by atoms with E-state index in [2.05, 4.69) is 15.7 Å². The van der Waals surface area contributed by atoms with Crippen molar-refractivity contribution < 1.29 is 9.59 Å². The van der Waals surface area contributed by atoms with Gasteiger partial charge in [0.05, 0.1) is 5.69 Å². The average Bonchev–Trinajstić information content (AvgIpc) is 2.97. The topological polar surface area (TPSA) is 76.0 Å². The molecule has 1 aromatic heterocycles. The van der Waals surface area contributed by atoms with E-state index in [-0.39, 0.29) is 11.8 Å². The van der Waals surface area contributed by atoms with Crippen LogP contribution in [0.2, 0.25) is 0 Å². The zero-order chi connectivity index (χ0) is 17.8. The second-order valence-corrected chi connectivity index (χ2v) is 5.62. The van der Waals surface area contributed by atoms with Crippen molar-refractivity contribution in [1.29, 1.82) is 0 Å². The summed E-state index contributed by atoms with van der Waals surface area (Å²) in [4.78, 5) is 23.6. The molecule has 25 heavy (non-hydrogen) atoms. The van der Waals surface area contributed by atoms with Crippen LogP contribution >= 0.6 is 0 Å². The molecule has 0 radical (unpaired) electrons. The molecule has 2 aromatic carbocycles. The standard InChI is InChI=1S/C19H18N4O2/c1-13(24)20-15-9-6-10-16(11-15)21-19(25)17-12-18(23(2)22-17)14-7-4-3-5-8-14/h3-12H,1-2H3,(H,20,24)(H,21,25). The van der Waals surface area contributed by atoms with E-state index in [0.717, 1.165) is 11.3 Å². The molecule has 0 spiro atoms. The lowest BCUT2D eigenvalue weighted by Crippen LogP contribution is -2.13. The van der Waals surface area contributed by atoms with E-state index in [1.807, 2.05) is 30.3 Å². The highest BCUT2D eigenvalue weighted by Gasteiger charge is 2.14. The van der Waals surface area contributed by atoms with Crippen LogP contribution in [-0.2, 0) is 11.8 Å². The van der Waals surface area contributed by atoms with Gasteiger partial charge in [0.2, 0.25) is 5.91 Å². The van der Waals surface area contributed by atoms with Crippen LogP contribution in [0.25, 0.3) is 11.3 Å². The molecule has 0 unspecified atom stereocenters. The third-order valence-electron chi connectivity index (χ3n) is 3.62. The second kappa shape index (κ2) is 7.00. The zero-order valence-corrected chi connectivity index (χ0v) is 14.0. The minimum absolute atomic E-state index is 0.166. The normalized spacial score (nSPS) is 10.3. The SMILES string of the molecule is CC(=O)Nc1cccc(NC(=O)c2cc(-c3ccccc3)n(C)n2)c1. The summed E-state index contributed by atoms with van der Waals surface area (Å²) in [6.45, 7) is 1.43. The summed E-state index contributed by atoms with van der Waals surface area (Å²) < 4.78 is 1.68. The van der Waals surface area contributed by atoms with Gasteiger partial charge in [-0.1, -0.05) is 36.4 Å². The lowest BCUT2D eigenvalue weighted by atomic mass is 10.1. The van der Waals surface area contributed by atoms with Gasteiger partial charge in [0.15, 0.2) is 5.69 Å². The highest BCUT2D eigenvalue weighted by molar-refractivity contribution is 6.04. The first-order chi connectivity index (χ1) is 12.0. The van der Waals surface area contributed by atoms with E-state index >= 15 is 0 Å². The molecule has 6 heteroatoms. The first kappa shape index (κ1) is 16.4. The van der Waals surface area contributed by atoms with Crippen molar-refractivity contribution in [3.8, 4) is 11.3 Å². The van der Waals surface area contributed by atoms with Gasteiger partial charge in [-0.3, -0.25) is 14.3 Å². The number of aryl methyl sites for hydroxylation is 1. The molecular formula is C19H18N4O2. The minimum atomic E-state index is -0.308. The van der Waals surface area contributed by atoms with E-state index in [0.29, 0.717) is 17.1 Å². The molecule has 0 atom stereocenters. The molecule has 1 heterocycles. The first-order valence-corrected chi connectivity index (χ1v) is 7.81. The maximum atomic E-state index is 12.5. The molecule has 6 nitrogen and oxygen atoms in total. The van der Waals surface area contributed by atoms with Crippen LogP contribution in [0.1, 0.15) is 17.4 Å². The third-order valence-corrected chi connectivity index (χ3v) is 3.62. The monoisotopic (exact) mass is 334 g/mol. The van der Waals surface area contributed by atoms with Crippen molar-refractivity contribution in [3.05, 3.63) is 66.4 Å². The molecule has 2 N–H and O–H groups in total. The predicted molar refractivity (Wildman–Crippen MR) is 97.3 cm³/mol. The van der Waals surface area contributed by atoms with Gasteiger partial charge >= 0.3 is 0 Å². The van der Waals surface area contributed by atoms with Crippen LogP contribution in [0.5, 0.6) is 0 Å². The Kier molecular flexibility index (Phi) is 4.61. The maximum Gasteiger partial charge on any atom is 0.276 e. The lowest BCUT2D eigenvalue weighted by Gasteiger charge is -2.06. The fourth-order valence-electron chi connectivity index (χ4n) is 2.53. The predicted octanol–water partition coefficient (Wildman–Crippen LogP) is 3.30. The fourth-order valence-corrected chi connectivity index (χ4v) is 2.53. The van der Waals surface area contributed by atoms with Crippen LogP contribution in [-0.4, -0.2) is 21.6 Å². The summed E-state index contributed by atoms with van der Waals surface area (Å²) in [5.41, 5.74) is 3.38. The van der Waals surface area contributed by atoms with Crippen molar-refractivity contribution in [3.63, 3.8) is 0 Å². The second-order valence-electron chi connectivity index (χ2n) is 5.62. The number of carbonyl (C=O) groups is 2. The van der Waals surface area contributed by atoms with Crippen molar-refractivity contribution in [2.24, 2.45) is 7.05 Å². The highest BCUT2D eigenvalue weighted by Crippen LogP contribution is 2.21. The largest absolute Gasteiger partial charge is 0.326 e. The Balaban J connectivity index is 1.79. The molecule has 0 aliphatic rings. The number of rotatable bonds is 4. The number of hydrogen-bond acceptors (Lipinski definition) is 3. The van der Waals surface area contributed by atoms with Gasteiger partial charge < -0.3 is 10.6 Å². The molecule has 2 amide bonds. The van der Waals surface area contributed by atoms with Crippen molar-refractivity contribution in [1.82, 2.24) is 9.78 Å². The van der Waals surface area contributed by atoms with Gasteiger partial charge in [-0.05, 0) is 29.8 Å². The van der Waals surface area contributed by atoms with E-state index in [1.165, 1.54) is 6.92 Å². The van der Waals surface area contributed by atoms with Gasteiger partial charge in [-0.15, -0.1) is 0 Å². The molecule has 0 aliphatic heterocycles. The van der Waals surface area contributed by atoms with Crippen molar-refractivity contribution >= 4 is 23.2 Å². The summed E-state index contributed by atoms with van der Waals surface area (Å²) in [5.74, 6) is -0.474. The number of benzene rings is 2. The molecular weight excluding hydrogens is 316 g/mol. The van der Waals surface area contributed by atoms with E-state index in [9.17, 15) is 9.59 Å². The molecule has 0 fully saturated rings. The van der Waals surface area contributed by atoms with E-state index < -0.39 is 0 Å². The van der Waals surface area contributed by atoms with Crippen LogP contribution in [0.4, 0.5) is 11.4 Å². The quantitative estimate of drug-likeness (QED) is 0.768. The number of aromatic nitrogens is 2. The highest BCUT2D eigenvalue weighted by atomic mass is 16.2. The summed E-state index contributed by atoms with van der Waals surface area (Å²) in [5, 5.41) is 9.77. The Morgan fingerprint density at radius 1 is 0.920 bits per heavy atom. The smallest absolute Gasteiger partial charge is 0.276 e.